The highest BCUT2D eigenvalue weighted by Crippen LogP contribution is 2.15. The molecule has 0 saturated carbocycles. The van der Waals surface area contributed by atoms with Gasteiger partial charge in [0.2, 0.25) is 0 Å². The molecule has 6 heteroatoms. The molecule has 88 valence electrons. The Morgan fingerprint density at radius 2 is 2.19 bits per heavy atom. The highest BCUT2D eigenvalue weighted by Gasteiger charge is 2.16. The van der Waals surface area contributed by atoms with Gasteiger partial charge in [0.1, 0.15) is 10.7 Å². The molecule has 5 nitrogen and oxygen atoms in total. The Bertz CT molecular complexity index is 372. The van der Waals surface area contributed by atoms with Crippen LogP contribution in [0.1, 0.15) is 12.6 Å². The first-order valence-corrected chi connectivity index (χ1v) is 5.31. The van der Waals surface area contributed by atoms with Gasteiger partial charge in [-0.15, -0.1) is 0 Å². The zero-order valence-electron chi connectivity index (χ0n) is 9.67. The van der Waals surface area contributed by atoms with Crippen molar-refractivity contribution in [3.05, 3.63) is 18.1 Å². The van der Waals surface area contributed by atoms with Crippen molar-refractivity contribution >= 4 is 23.0 Å². The minimum absolute atomic E-state index is 0.176. The molecular weight excluding hydrogens is 224 g/mol. The minimum Gasteiger partial charge on any atom is -0.388 e. The third-order valence-corrected chi connectivity index (χ3v) is 2.51. The summed E-state index contributed by atoms with van der Waals surface area (Å²) in [5.74, 6) is 0.680. The Kier molecular flexibility index (Phi) is 4.57. The van der Waals surface area contributed by atoms with E-state index in [-0.39, 0.29) is 11.0 Å². The van der Waals surface area contributed by atoms with E-state index < -0.39 is 0 Å². The molecular formula is C10H16N4OS. The normalized spacial score (nSPS) is 12.2. The summed E-state index contributed by atoms with van der Waals surface area (Å²) >= 11 is 4.94. The molecule has 2 N–H and O–H groups in total. The summed E-state index contributed by atoms with van der Waals surface area (Å²) in [5.41, 5.74) is 6.14. The fourth-order valence-corrected chi connectivity index (χ4v) is 1.47. The molecule has 1 heterocycles. The van der Waals surface area contributed by atoms with E-state index in [0.717, 1.165) is 0 Å². The van der Waals surface area contributed by atoms with Crippen LogP contribution in [0.3, 0.4) is 0 Å². The Balaban J connectivity index is 2.98. The number of anilines is 1. The maximum atomic E-state index is 5.60. The summed E-state index contributed by atoms with van der Waals surface area (Å²) in [4.78, 5) is 10.6. The van der Waals surface area contributed by atoms with Crippen LogP contribution in [0.5, 0.6) is 0 Å². The first-order valence-electron chi connectivity index (χ1n) is 4.90. The summed E-state index contributed by atoms with van der Waals surface area (Å²) in [7, 11) is 3.57. The summed E-state index contributed by atoms with van der Waals surface area (Å²) in [6.07, 6.45) is 3.19. The number of likely N-dealkylation sites (N-methyl/N-ethyl adjacent to an activating group) is 1. The molecule has 1 rings (SSSR count). The number of ether oxygens (including phenoxy) is 1. The second kappa shape index (κ2) is 5.72. The van der Waals surface area contributed by atoms with Crippen molar-refractivity contribution < 1.29 is 4.74 Å². The lowest BCUT2D eigenvalue weighted by Gasteiger charge is -2.26. The molecule has 0 bridgehead atoms. The van der Waals surface area contributed by atoms with Crippen LogP contribution in [0.4, 0.5) is 5.82 Å². The van der Waals surface area contributed by atoms with Crippen LogP contribution in [-0.4, -0.2) is 41.8 Å². The van der Waals surface area contributed by atoms with Gasteiger partial charge in [0, 0.05) is 26.6 Å². The van der Waals surface area contributed by atoms with Gasteiger partial charge in [-0.2, -0.15) is 0 Å². The number of methoxy groups -OCH3 is 1. The van der Waals surface area contributed by atoms with E-state index in [9.17, 15) is 0 Å². The number of rotatable bonds is 5. The predicted molar refractivity (Wildman–Crippen MR) is 67.7 cm³/mol. The van der Waals surface area contributed by atoms with Crippen LogP contribution in [0.15, 0.2) is 12.4 Å². The second-order valence-corrected chi connectivity index (χ2v) is 3.95. The topological polar surface area (TPSA) is 64.3 Å². The molecule has 0 spiro atoms. The van der Waals surface area contributed by atoms with Gasteiger partial charge >= 0.3 is 0 Å². The molecule has 0 aliphatic heterocycles. The Morgan fingerprint density at radius 3 is 2.75 bits per heavy atom. The molecule has 1 aromatic rings. The number of hydrogen-bond acceptors (Lipinski definition) is 5. The van der Waals surface area contributed by atoms with Crippen molar-refractivity contribution in [1.82, 2.24) is 9.97 Å². The second-order valence-electron chi connectivity index (χ2n) is 3.51. The van der Waals surface area contributed by atoms with E-state index in [1.165, 1.54) is 0 Å². The molecule has 1 aromatic heterocycles. The summed E-state index contributed by atoms with van der Waals surface area (Å²) in [5, 5.41) is 0. The van der Waals surface area contributed by atoms with E-state index in [4.69, 9.17) is 22.7 Å². The van der Waals surface area contributed by atoms with Gasteiger partial charge in [-0.1, -0.05) is 12.2 Å². The predicted octanol–water partition coefficient (Wildman–Crippen LogP) is 0.582. The average molecular weight is 240 g/mol. The third kappa shape index (κ3) is 2.86. The molecule has 0 aliphatic rings. The van der Waals surface area contributed by atoms with Crippen LogP contribution in [0, 0.1) is 0 Å². The lowest BCUT2D eigenvalue weighted by molar-refractivity contribution is 0.183. The highest BCUT2D eigenvalue weighted by molar-refractivity contribution is 7.80. The SMILES string of the molecule is COCC(C)N(C)c1nccnc1C(N)=S. The van der Waals surface area contributed by atoms with Gasteiger partial charge in [-0.05, 0) is 6.92 Å². The third-order valence-electron chi connectivity index (χ3n) is 2.32. The Morgan fingerprint density at radius 1 is 1.56 bits per heavy atom. The fourth-order valence-electron chi connectivity index (χ4n) is 1.32. The molecule has 0 radical (unpaired) electrons. The number of hydrogen-bond donors (Lipinski definition) is 1. The van der Waals surface area contributed by atoms with Gasteiger partial charge in [0.15, 0.2) is 5.82 Å². The number of aromatic nitrogens is 2. The van der Waals surface area contributed by atoms with E-state index in [1.807, 2.05) is 18.9 Å². The van der Waals surface area contributed by atoms with Crippen LogP contribution in [-0.2, 0) is 4.74 Å². The van der Waals surface area contributed by atoms with Crippen molar-refractivity contribution in [1.29, 1.82) is 0 Å². The van der Waals surface area contributed by atoms with Gasteiger partial charge in [-0.25, -0.2) is 9.97 Å². The van der Waals surface area contributed by atoms with Crippen LogP contribution < -0.4 is 10.6 Å². The van der Waals surface area contributed by atoms with E-state index in [0.29, 0.717) is 18.1 Å². The maximum absolute atomic E-state index is 5.60. The molecule has 1 unspecified atom stereocenters. The van der Waals surface area contributed by atoms with Crippen LogP contribution in [0.2, 0.25) is 0 Å². The lowest BCUT2D eigenvalue weighted by atomic mass is 10.3. The van der Waals surface area contributed by atoms with Crippen LogP contribution in [0.25, 0.3) is 0 Å². The van der Waals surface area contributed by atoms with Crippen molar-refractivity contribution in [2.24, 2.45) is 5.73 Å². The van der Waals surface area contributed by atoms with Crippen molar-refractivity contribution in [2.45, 2.75) is 13.0 Å². The molecule has 0 aromatic carbocycles. The van der Waals surface area contributed by atoms with Gasteiger partial charge in [-0.3, -0.25) is 0 Å². The largest absolute Gasteiger partial charge is 0.388 e. The Labute approximate surface area is 101 Å². The monoisotopic (exact) mass is 240 g/mol. The first-order chi connectivity index (χ1) is 7.57. The molecule has 0 fully saturated rings. The van der Waals surface area contributed by atoms with Gasteiger partial charge in [0.25, 0.3) is 0 Å². The first kappa shape index (κ1) is 12.8. The van der Waals surface area contributed by atoms with E-state index in [2.05, 4.69) is 9.97 Å². The van der Waals surface area contributed by atoms with Crippen molar-refractivity contribution in [2.75, 3.05) is 25.7 Å². The van der Waals surface area contributed by atoms with Crippen molar-refractivity contribution in [3.8, 4) is 0 Å². The van der Waals surface area contributed by atoms with Gasteiger partial charge < -0.3 is 15.4 Å². The Hall–Kier alpha value is -1.27. The average Bonchev–Trinajstić information content (AvgIpc) is 2.28. The molecule has 1 atom stereocenters. The summed E-state index contributed by atoms with van der Waals surface area (Å²) in [6.45, 7) is 2.63. The maximum Gasteiger partial charge on any atom is 0.157 e. The summed E-state index contributed by atoms with van der Waals surface area (Å²) in [6, 6.07) is 0.176. The minimum atomic E-state index is 0.176. The van der Waals surface area contributed by atoms with E-state index >= 15 is 0 Å². The van der Waals surface area contributed by atoms with Crippen molar-refractivity contribution in [3.63, 3.8) is 0 Å². The van der Waals surface area contributed by atoms with Crippen LogP contribution >= 0.6 is 12.2 Å². The zero-order valence-corrected chi connectivity index (χ0v) is 10.5. The quantitative estimate of drug-likeness (QED) is 0.760. The fraction of sp³-hybridized carbons (Fsp3) is 0.500. The summed E-state index contributed by atoms with van der Waals surface area (Å²) < 4.78 is 5.09. The van der Waals surface area contributed by atoms with Gasteiger partial charge in [0.05, 0.1) is 12.6 Å². The smallest absolute Gasteiger partial charge is 0.157 e. The molecule has 0 amide bonds. The highest BCUT2D eigenvalue weighted by atomic mass is 32.1. The molecule has 0 saturated heterocycles. The molecule has 16 heavy (non-hydrogen) atoms. The number of nitrogens with zero attached hydrogens (tertiary/aromatic N) is 3. The number of thiocarbonyl (C=S) groups is 1. The number of nitrogens with two attached hydrogens (primary N) is 1. The molecule has 0 aliphatic carbocycles. The lowest BCUT2D eigenvalue weighted by Crippen LogP contribution is -2.35. The zero-order chi connectivity index (χ0) is 12.1. The van der Waals surface area contributed by atoms with E-state index in [1.54, 1.807) is 19.5 Å². The standard InChI is InChI=1S/C10H16N4OS/c1-7(6-15-3)14(2)10-8(9(11)16)12-4-5-13-10/h4-5,7H,6H2,1-3H3,(H2,11,16).